The zero-order chi connectivity index (χ0) is 13.0. The van der Waals surface area contributed by atoms with Crippen LogP contribution >= 0.6 is 0 Å². The van der Waals surface area contributed by atoms with Crippen molar-refractivity contribution < 1.29 is 4.79 Å². The summed E-state index contributed by atoms with van der Waals surface area (Å²) >= 11 is 0. The fraction of sp³-hybridized carbons (Fsp3) is 0.182. The third kappa shape index (κ3) is 2.97. The summed E-state index contributed by atoms with van der Waals surface area (Å²) in [5.41, 5.74) is 6.12. The number of nitrogen functional groups attached to an aromatic ring is 1. The number of aromatic amines is 1. The first kappa shape index (κ1) is 11.9. The summed E-state index contributed by atoms with van der Waals surface area (Å²) in [6, 6.07) is 2.80. The highest BCUT2D eigenvalue weighted by Gasteiger charge is 2.04. The molecule has 0 fully saturated rings. The molecule has 0 aromatic carbocycles. The van der Waals surface area contributed by atoms with Crippen LogP contribution in [-0.2, 0) is 6.54 Å². The van der Waals surface area contributed by atoms with Crippen molar-refractivity contribution in [2.24, 2.45) is 0 Å². The lowest BCUT2D eigenvalue weighted by Crippen LogP contribution is -2.28. The van der Waals surface area contributed by atoms with Crippen molar-refractivity contribution in [1.82, 2.24) is 20.1 Å². The SMILES string of the molecule is Nc1cnn(CCNC(=O)c2cc[nH]c(=O)c2)c1. The van der Waals surface area contributed by atoms with Crippen molar-refractivity contribution in [1.29, 1.82) is 0 Å². The molecule has 0 radical (unpaired) electrons. The number of hydrogen-bond acceptors (Lipinski definition) is 4. The van der Waals surface area contributed by atoms with Crippen LogP contribution in [0.2, 0.25) is 0 Å². The van der Waals surface area contributed by atoms with Crippen LogP contribution in [0.5, 0.6) is 0 Å². The van der Waals surface area contributed by atoms with Gasteiger partial charge in [0, 0.05) is 30.6 Å². The zero-order valence-corrected chi connectivity index (χ0v) is 9.59. The van der Waals surface area contributed by atoms with E-state index in [1.54, 1.807) is 23.1 Å². The van der Waals surface area contributed by atoms with E-state index in [2.05, 4.69) is 15.4 Å². The van der Waals surface area contributed by atoms with Crippen LogP contribution in [0.3, 0.4) is 0 Å². The van der Waals surface area contributed by atoms with E-state index in [1.807, 2.05) is 0 Å². The zero-order valence-electron chi connectivity index (χ0n) is 9.59. The number of hydrogen-bond donors (Lipinski definition) is 3. The Bertz CT molecular complexity index is 601. The van der Waals surface area contributed by atoms with Gasteiger partial charge in [-0.25, -0.2) is 0 Å². The van der Waals surface area contributed by atoms with E-state index >= 15 is 0 Å². The lowest BCUT2D eigenvalue weighted by Gasteiger charge is -2.04. The summed E-state index contributed by atoms with van der Waals surface area (Å²) in [5.74, 6) is -0.291. The fourth-order valence-electron chi connectivity index (χ4n) is 1.47. The molecule has 0 saturated heterocycles. The predicted octanol–water partition coefficient (Wildman–Crippen LogP) is -0.416. The largest absolute Gasteiger partial charge is 0.396 e. The third-order valence-corrected chi connectivity index (χ3v) is 2.32. The lowest BCUT2D eigenvalue weighted by molar-refractivity contribution is 0.0951. The summed E-state index contributed by atoms with van der Waals surface area (Å²) in [6.07, 6.45) is 4.66. The number of carbonyl (C=O) groups excluding carboxylic acids is 1. The molecule has 2 aromatic heterocycles. The van der Waals surface area contributed by atoms with Crippen LogP contribution < -0.4 is 16.6 Å². The molecule has 0 saturated carbocycles. The van der Waals surface area contributed by atoms with Crippen molar-refractivity contribution in [3.63, 3.8) is 0 Å². The molecule has 0 atom stereocenters. The second-order valence-electron chi connectivity index (χ2n) is 3.73. The molecule has 0 spiro atoms. The molecule has 2 aromatic rings. The number of pyridine rings is 1. The minimum Gasteiger partial charge on any atom is -0.396 e. The summed E-state index contributed by atoms with van der Waals surface area (Å²) < 4.78 is 1.63. The van der Waals surface area contributed by atoms with Gasteiger partial charge in [0.15, 0.2) is 0 Å². The number of rotatable bonds is 4. The van der Waals surface area contributed by atoms with Crippen molar-refractivity contribution in [3.05, 3.63) is 46.6 Å². The standard InChI is InChI=1S/C11H13N5O2/c12-9-6-15-16(7-9)4-3-14-11(18)8-1-2-13-10(17)5-8/h1-2,5-7H,3-4,12H2,(H,13,17)(H,14,18). The number of nitrogens with one attached hydrogen (secondary N) is 2. The van der Waals surface area contributed by atoms with E-state index in [-0.39, 0.29) is 11.5 Å². The van der Waals surface area contributed by atoms with Gasteiger partial charge in [-0.1, -0.05) is 0 Å². The molecular formula is C11H13N5O2. The van der Waals surface area contributed by atoms with E-state index in [4.69, 9.17) is 5.73 Å². The molecule has 94 valence electrons. The predicted molar refractivity (Wildman–Crippen MR) is 66.0 cm³/mol. The Morgan fingerprint density at radius 2 is 2.39 bits per heavy atom. The molecule has 0 aliphatic heterocycles. The molecule has 1 amide bonds. The first-order valence-corrected chi connectivity index (χ1v) is 5.40. The van der Waals surface area contributed by atoms with Gasteiger partial charge in [-0.15, -0.1) is 0 Å². The number of nitrogens with zero attached hydrogens (tertiary/aromatic N) is 2. The maximum atomic E-state index is 11.7. The van der Waals surface area contributed by atoms with E-state index in [9.17, 15) is 9.59 Å². The molecule has 7 nitrogen and oxygen atoms in total. The normalized spacial score (nSPS) is 10.2. The highest BCUT2D eigenvalue weighted by Crippen LogP contribution is 1.97. The van der Waals surface area contributed by atoms with Gasteiger partial charge in [0.2, 0.25) is 5.56 Å². The number of anilines is 1. The van der Waals surface area contributed by atoms with Crippen LogP contribution in [0, 0.1) is 0 Å². The van der Waals surface area contributed by atoms with Gasteiger partial charge in [-0.2, -0.15) is 5.10 Å². The molecule has 0 aliphatic rings. The molecule has 7 heteroatoms. The van der Waals surface area contributed by atoms with Gasteiger partial charge >= 0.3 is 0 Å². The van der Waals surface area contributed by atoms with E-state index in [0.29, 0.717) is 24.3 Å². The summed E-state index contributed by atoms with van der Waals surface area (Å²) in [7, 11) is 0. The Labute approximate surface area is 103 Å². The molecule has 2 rings (SSSR count). The Hall–Kier alpha value is -2.57. The minimum atomic E-state index is -0.303. The summed E-state index contributed by atoms with van der Waals surface area (Å²) in [6.45, 7) is 0.929. The molecule has 18 heavy (non-hydrogen) atoms. The number of aromatic nitrogens is 3. The van der Waals surface area contributed by atoms with Crippen molar-refractivity contribution in [3.8, 4) is 0 Å². The van der Waals surface area contributed by atoms with Crippen LogP contribution in [0.15, 0.2) is 35.5 Å². The second kappa shape index (κ2) is 5.17. The number of amides is 1. The van der Waals surface area contributed by atoms with E-state index < -0.39 is 0 Å². The average molecular weight is 247 g/mol. The van der Waals surface area contributed by atoms with Gasteiger partial charge in [0.05, 0.1) is 18.4 Å². The van der Waals surface area contributed by atoms with Gasteiger partial charge in [-0.05, 0) is 6.07 Å². The van der Waals surface area contributed by atoms with Crippen LogP contribution in [-0.4, -0.2) is 27.2 Å². The van der Waals surface area contributed by atoms with Crippen molar-refractivity contribution in [2.75, 3.05) is 12.3 Å². The van der Waals surface area contributed by atoms with Crippen molar-refractivity contribution in [2.45, 2.75) is 6.54 Å². The van der Waals surface area contributed by atoms with Crippen LogP contribution in [0.25, 0.3) is 0 Å². The lowest BCUT2D eigenvalue weighted by atomic mass is 10.2. The number of nitrogens with two attached hydrogens (primary N) is 1. The maximum Gasteiger partial charge on any atom is 0.251 e. The molecule has 4 N–H and O–H groups in total. The molecule has 2 heterocycles. The molecular weight excluding hydrogens is 234 g/mol. The first-order valence-electron chi connectivity index (χ1n) is 5.40. The highest BCUT2D eigenvalue weighted by atomic mass is 16.2. The molecule has 0 bridgehead atoms. The van der Waals surface area contributed by atoms with E-state index in [1.165, 1.54) is 12.3 Å². The topological polar surface area (TPSA) is 106 Å². The fourth-order valence-corrected chi connectivity index (χ4v) is 1.47. The number of carbonyl (C=O) groups is 1. The van der Waals surface area contributed by atoms with Gasteiger partial charge in [0.25, 0.3) is 5.91 Å². The Balaban J connectivity index is 1.87. The monoisotopic (exact) mass is 247 g/mol. The average Bonchev–Trinajstić information content (AvgIpc) is 2.75. The van der Waals surface area contributed by atoms with Gasteiger partial charge in [0.1, 0.15) is 0 Å². The Morgan fingerprint density at radius 3 is 3.06 bits per heavy atom. The quantitative estimate of drug-likeness (QED) is 0.682. The Morgan fingerprint density at radius 1 is 1.56 bits per heavy atom. The highest BCUT2D eigenvalue weighted by molar-refractivity contribution is 5.93. The van der Waals surface area contributed by atoms with Gasteiger partial charge in [-0.3, -0.25) is 14.3 Å². The smallest absolute Gasteiger partial charge is 0.251 e. The Kier molecular flexibility index (Phi) is 3.42. The van der Waals surface area contributed by atoms with Crippen LogP contribution in [0.4, 0.5) is 5.69 Å². The number of H-pyrrole nitrogens is 1. The molecule has 0 aliphatic carbocycles. The first-order chi connectivity index (χ1) is 8.65. The summed E-state index contributed by atoms with van der Waals surface area (Å²) in [4.78, 5) is 25.2. The molecule has 0 unspecified atom stereocenters. The maximum absolute atomic E-state index is 11.7. The van der Waals surface area contributed by atoms with Crippen LogP contribution in [0.1, 0.15) is 10.4 Å². The third-order valence-electron chi connectivity index (χ3n) is 2.32. The van der Waals surface area contributed by atoms with Crippen molar-refractivity contribution >= 4 is 11.6 Å². The van der Waals surface area contributed by atoms with E-state index in [0.717, 1.165) is 0 Å². The minimum absolute atomic E-state index is 0.291. The van der Waals surface area contributed by atoms with Gasteiger partial charge < -0.3 is 16.0 Å². The summed E-state index contributed by atoms with van der Waals surface area (Å²) in [5, 5.41) is 6.68. The second-order valence-corrected chi connectivity index (χ2v) is 3.73.